The lowest BCUT2D eigenvalue weighted by atomic mass is 9.92. The molecule has 1 atom stereocenters. The molecule has 0 fully saturated rings. The van der Waals surface area contributed by atoms with Crippen LogP contribution in [0.5, 0.6) is 0 Å². The van der Waals surface area contributed by atoms with Crippen LogP contribution in [0.4, 0.5) is 8.78 Å². The highest BCUT2D eigenvalue weighted by atomic mass is 32.2. The Labute approximate surface area is 161 Å². The molecule has 2 aromatic carbocycles. The van der Waals surface area contributed by atoms with Crippen LogP contribution in [0.25, 0.3) is 5.69 Å². The summed E-state index contributed by atoms with van der Waals surface area (Å²) in [5.41, 5.74) is 3.82. The van der Waals surface area contributed by atoms with E-state index in [9.17, 15) is 8.78 Å². The number of benzene rings is 2. The first-order valence-corrected chi connectivity index (χ1v) is 10.3. The van der Waals surface area contributed by atoms with E-state index in [1.165, 1.54) is 22.6 Å². The Kier molecular flexibility index (Phi) is 5.27. The van der Waals surface area contributed by atoms with Gasteiger partial charge in [0.1, 0.15) is 11.6 Å². The Morgan fingerprint density at radius 2 is 2.00 bits per heavy atom. The van der Waals surface area contributed by atoms with Gasteiger partial charge in [0.05, 0.1) is 11.9 Å². The summed E-state index contributed by atoms with van der Waals surface area (Å²) in [5.74, 6) is -1.18. The molecule has 0 bridgehead atoms. The molecule has 1 N–H and O–H groups in total. The zero-order chi connectivity index (χ0) is 18.8. The fraction of sp³-hybridized carbons (Fsp3) is 0.286. The van der Waals surface area contributed by atoms with Crippen LogP contribution in [0, 0.1) is 11.6 Å². The van der Waals surface area contributed by atoms with Crippen molar-refractivity contribution in [1.82, 2.24) is 15.1 Å². The summed E-state index contributed by atoms with van der Waals surface area (Å²) < 4.78 is 28.9. The van der Waals surface area contributed by atoms with Gasteiger partial charge in [-0.25, -0.2) is 13.5 Å². The molecule has 1 aliphatic carbocycles. The van der Waals surface area contributed by atoms with Crippen molar-refractivity contribution in [2.24, 2.45) is 0 Å². The topological polar surface area (TPSA) is 29.9 Å². The largest absolute Gasteiger partial charge is 0.306 e. The van der Waals surface area contributed by atoms with E-state index in [-0.39, 0.29) is 6.04 Å². The van der Waals surface area contributed by atoms with Gasteiger partial charge >= 0.3 is 0 Å². The van der Waals surface area contributed by atoms with Gasteiger partial charge in [0.15, 0.2) is 0 Å². The maximum atomic E-state index is 13.6. The molecule has 0 saturated carbocycles. The number of rotatable bonds is 5. The van der Waals surface area contributed by atoms with Gasteiger partial charge in [-0.05, 0) is 55.3 Å². The van der Waals surface area contributed by atoms with Crippen LogP contribution in [-0.4, -0.2) is 16.0 Å². The van der Waals surface area contributed by atoms with Crippen molar-refractivity contribution in [2.75, 3.05) is 6.26 Å². The summed E-state index contributed by atoms with van der Waals surface area (Å²) in [5, 5.41) is 8.05. The van der Waals surface area contributed by atoms with Crippen molar-refractivity contribution >= 4 is 11.8 Å². The van der Waals surface area contributed by atoms with Crippen molar-refractivity contribution in [3.05, 3.63) is 77.1 Å². The Morgan fingerprint density at radius 1 is 1.19 bits per heavy atom. The van der Waals surface area contributed by atoms with Gasteiger partial charge in [0, 0.05) is 34.8 Å². The fourth-order valence-electron chi connectivity index (χ4n) is 3.68. The van der Waals surface area contributed by atoms with Gasteiger partial charge in [0.25, 0.3) is 0 Å². The number of hydrogen-bond acceptors (Lipinski definition) is 3. The van der Waals surface area contributed by atoms with E-state index in [4.69, 9.17) is 0 Å². The van der Waals surface area contributed by atoms with E-state index in [2.05, 4.69) is 40.9 Å². The van der Waals surface area contributed by atoms with E-state index in [1.807, 2.05) is 6.20 Å². The van der Waals surface area contributed by atoms with E-state index < -0.39 is 11.6 Å². The van der Waals surface area contributed by atoms with Crippen LogP contribution in [0.3, 0.4) is 0 Å². The van der Waals surface area contributed by atoms with E-state index in [0.717, 1.165) is 43.1 Å². The van der Waals surface area contributed by atoms with Gasteiger partial charge in [0.2, 0.25) is 0 Å². The van der Waals surface area contributed by atoms with Crippen molar-refractivity contribution in [3.63, 3.8) is 0 Å². The standard InChI is InChI=1S/C21H21F2N3S/c1-27-18-5-2-4-14(8-18)12-24-20-6-3-7-21-19(20)13-25-26(21)17-10-15(22)9-16(23)11-17/h2,4-5,8-11,13,20,24H,3,6-7,12H2,1H3. The summed E-state index contributed by atoms with van der Waals surface area (Å²) in [4.78, 5) is 1.25. The molecule has 0 radical (unpaired) electrons. The van der Waals surface area contributed by atoms with Gasteiger partial charge in [-0.3, -0.25) is 0 Å². The summed E-state index contributed by atoms with van der Waals surface area (Å²) in [6.07, 6.45) is 6.79. The first kappa shape index (κ1) is 18.2. The molecule has 1 aromatic heterocycles. The third-order valence-electron chi connectivity index (χ3n) is 4.96. The Morgan fingerprint density at radius 3 is 2.78 bits per heavy atom. The van der Waals surface area contributed by atoms with Crippen LogP contribution < -0.4 is 5.32 Å². The number of nitrogens with zero attached hydrogens (tertiary/aromatic N) is 2. The lowest BCUT2D eigenvalue weighted by Crippen LogP contribution is -2.25. The molecular formula is C21H21F2N3S. The van der Waals surface area contributed by atoms with Gasteiger partial charge < -0.3 is 5.32 Å². The normalized spacial score (nSPS) is 16.3. The molecule has 1 heterocycles. The zero-order valence-electron chi connectivity index (χ0n) is 15.1. The Hall–Kier alpha value is -2.18. The maximum absolute atomic E-state index is 13.6. The predicted molar refractivity (Wildman–Crippen MR) is 104 cm³/mol. The highest BCUT2D eigenvalue weighted by Crippen LogP contribution is 2.31. The summed E-state index contributed by atoms with van der Waals surface area (Å²) >= 11 is 1.73. The first-order valence-electron chi connectivity index (χ1n) is 9.03. The Balaban J connectivity index is 1.56. The second-order valence-corrected chi connectivity index (χ2v) is 7.64. The molecule has 4 rings (SSSR count). The number of fused-ring (bicyclic) bond motifs is 1. The van der Waals surface area contributed by atoms with Crippen LogP contribution in [0.1, 0.15) is 35.7 Å². The van der Waals surface area contributed by atoms with Crippen LogP contribution >= 0.6 is 11.8 Å². The van der Waals surface area contributed by atoms with E-state index in [0.29, 0.717) is 5.69 Å². The summed E-state index contributed by atoms with van der Waals surface area (Å²) in [6, 6.07) is 12.2. The number of nitrogens with one attached hydrogen (secondary N) is 1. The smallest absolute Gasteiger partial charge is 0.128 e. The molecule has 0 amide bonds. The SMILES string of the molecule is CSc1cccc(CNC2CCCc3c2cnn3-c2cc(F)cc(F)c2)c1. The number of aromatic nitrogens is 2. The molecule has 1 unspecified atom stereocenters. The summed E-state index contributed by atoms with van der Waals surface area (Å²) in [7, 11) is 0. The molecule has 6 heteroatoms. The number of halogens is 2. The molecule has 140 valence electrons. The third kappa shape index (κ3) is 3.92. The van der Waals surface area contributed by atoms with Gasteiger partial charge in [-0.2, -0.15) is 5.10 Å². The monoisotopic (exact) mass is 385 g/mol. The quantitative estimate of drug-likeness (QED) is 0.624. The van der Waals surface area contributed by atoms with E-state index >= 15 is 0 Å². The average molecular weight is 385 g/mol. The van der Waals surface area contributed by atoms with Crippen LogP contribution in [0.2, 0.25) is 0 Å². The molecule has 3 nitrogen and oxygen atoms in total. The highest BCUT2D eigenvalue weighted by Gasteiger charge is 2.24. The second kappa shape index (κ2) is 7.82. The lowest BCUT2D eigenvalue weighted by molar-refractivity contribution is 0.454. The van der Waals surface area contributed by atoms with Crippen LogP contribution in [-0.2, 0) is 13.0 Å². The molecule has 0 spiro atoms. The second-order valence-electron chi connectivity index (χ2n) is 6.76. The maximum Gasteiger partial charge on any atom is 0.128 e. The van der Waals surface area contributed by atoms with Crippen LogP contribution in [0.15, 0.2) is 53.6 Å². The first-order chi connectivity index (χ1) is 13.1. The Bertz CT molecular complexity index is 934. The minimum absolute atomic E-state index is 0.193. The van der Waals surface area contributed by atoms with Crippen molar-refractivity contribution < 1.29 is 8.78 Å². The van der Waals surface area contributed by atoms with Gasteiger partial charge in [-0.1, -0.05) is 12.1 Å². The average Bonchev–Trinajstić information content (AvgIpc) is 3.10. The highest BCUT2D eigenvalue weighted by molar-refractivity contribution is 7.98. The third-order valence-corrected chi connectivity index (χ3v) is 5.69. The molecule has 3 aromatic rings. The minimum atomic E-state index is -0.589. The van der Waals surface area contributed by atoms with Crippen molar-refractivity contribution in [3.8, 4) is 5.69 Å². The number of thioether (sulfide) groups is 1. The molecule has 27 heavy (non-hydrogen) atoms. The van der Waals surface area contributed by atoms with E-state index in [1.54, 1.807) is 16.4 Å². The van der Waals surface area contributed by atoms with Crippen molar-refractivity contribution in [2.45, 2.75) is 36.7 Å². The lowest BCUT2D eigenvalue weighted by Gasteiger charge is -2.24. The molecule has 0 saturated heterocycles. The fourth-order valence-corrected chi connectivity index (χ4v) is 4.16. The van der Waals surface area contributed by atoms with Crippen molar-refractivity contribution in [1.29, 1.82) is 0 Å². The number of hydrogen-bond donors (Lipinski definition) is 1. The molecular weight excluding hydrogens is 364 g/mol. The predicted octanol–water partition coefficient (Wildman–Crippen LogP) is 5.04. The minimum Gasteiger partial charge on any atom is -0.306 e. The molecule has 0 aliphatic heterocycles. The summed E-state index contributed by atoms with van der Waals surface area (Å²) in [6.45, 7) is 0.776. The van der Waals surface area contributed by atoms with Gasteiger partial charge in [-0.15, -0.1) is 11.8 Å². The zero-order valence-corrected chi connectivity index (χ0v) is 15.9. The molecule has 1 aliphatic rings.